The molecule has 2 N–H and O–H groups in total. The molecule has 0 spiro atoms. The summed E-state index contributed by atoms with van der Waals surface area (Å²) < 4.78 is 0. The number of piperidine rings is 1. The fourth-order valence-corrected chi connectivity index (χ4v) is 1.97. The van der Waals surface area contributed by atoms with Crippen LogP contribution in [0.15, 0.2) is 6.07 Å². The second-order valence-corrected chi connectivity index (χ2v) is 5.12. The van der Waals surface area contributed by atoms with Crippen LogP contribution in [0.25, 0.3) is 0 Å². The van der Waals surface area contributed by atoms with Crippen molar-refractivity contribution in [2.45, 2.75) is 38.6 Å². The summed E-state index contributed by atoms with van der Waals surface area (Å²) in [4.78, 5) is 31.1. The summed E-state index contributed by atoms with van der Waals surface area (Å²) in [5.41, 5.74) is 0. The first-order valence-electron chi connectivity index (χ1n) is 6.10. The number of halogens is 1. The van der Waals surface area contributed by atoms with Gasteiger partial charge < -0.3 is 5.32 Å². The lowest BCUT2D eigenvalue weighted by Gasteiger charge is -2.22. The molecule has 1 unspecified atom stereocenters. The molecule has 0 radical (unpaired) electrons. The number of amides is 2. The zero-order chi connectivity index (χ0) is 14.0. The Morgan fingerprint density at radius 2 is 2.16 bits per heavy atom. The number of carbonyl (C=O) groups is 2. The molecule has 0 aliphatic carbocycles. The third kappa shape index (κ3) is 3.41. The monoisotopic (exact) mass is 282 g/mol. The summed E-state index contributed by atoms with van der Waals surface area (Å²) in [5, 5.41) is 5.60. The van der Waals surface area contributed by atoms with Gasteiger partial charge in [0.05, 0.1) is 0 Å². The van der Waals surface area contributed by atoms with Crippen molar-refractivity contribution in [3.05, 3.63) is 17.0 Å². The van der Waals surface area contributed by atoms with Gasteiger partial charge in [-0.15, -0.1) is 0 Å². The minimum atomic E-state index is -0.469. The van der Waals surface area contributed by atoms with Crippen molar-refractivity contribution in [1.29, 1.82) is 0 Å². The minimum Gasteiger partial charge on any atom is -0.358 e. The van der Waals surface area contributed by atoms with Crippen LogP contribution in [0.3, 0.4) is 0 Å². The van der Waals surface area contributed by atoms with E-state index in [1.807, 2.05) is 13.8 Å². The highest BCUT2D eigenvalue weighted by Crippen LogP contribution is 2.19. The molecule has 1 aromatic rings. The average molecular weight is 283 g/mol. The Balaban J connectivity index is 2.14. The van der Waals surface area contributed by atoms with Crippen molar-refractivity contribution in [2.75, 3.05) is 5.32 Å². The van der Waals surface area contributed by atoms with E-state index in [1.165, 1.54) is 0 Å². The normalized spacial score (nSPS) is 19.5. The van der Waals surface area contributed by atoms with E-state index in [1.54, 1.807) is 6.07 Å². The van der Waals surface area contributed by atoms with E-state index in [4.69, 9.17) is 11.6 Å². The summed E-state index contributed by atoms with van der Waals surface area (Å²) in [6.07, 6.45) is 0.766. The van der Waals surface area contributed by atoms with Crippen LogP contribution in [0.1, 0.15) is 38.4 Å². The Labute approximate surface area is 116 Å². The molecular weight excluding hydrogens is 268 g/mol. The van der Waals surface area contributed by atoms with Gasteiger partial charge in [0.15, 0.2) is 0 Å². The summed E-state index contributed by atoms with van der Waals surface area (Å²) in [5.74, 6) is 0.672. The lowest BCUT2D eigenvalue weighted by molar-refractivity contribution is -0.133. The molecular formula is C12H15ClN4O2. The highest BCUT2D eigenvalue weighted by atomic mass is 35.5. The number of carbonyl (C=O) groups excluding carboxylic acids is 2. The maximum absolute atomic E-state index is 11.6. The van der Waals surface area contributed by atoms with E-state index in [9.17, 15) is 9.59 Å². The van der Waals surface area contributed by atoms with Gasteiger partial charge in [-0.1, -0.05) is 25.4 Å². The number of aromatic nitrogens is 2. The van der Waals surface area contributed by atoms with Gasteiger partial charge in [-0.25, -0.2) is 9.97 Å². The van der Waals surface area contributed by atoms with Crippen LogP contribution >= 0.6 is 11.6 Å². The Kier molecular flexibility index (Phi) is 3.99. The van der Waals surface area contributed by atoms with E-state index >= 15 is 0 Å². The van der Waals surface area contributed by atoms with Gasteiger partial charge in [0.1, 0.15) is 22.8 Å². The topological polar surface area (TPSA) is 84.0 Å². The maximum atomic E-state index is 11.6. The molecule has 2 amide bonds. The largest absolute Gasteiger partial charge is 0.358 e. The smallest absolute Gasteiger partial charge is 0.249 e. The summed E-state index contributed by atoms with van der Waals surface area (Å²) >= 11 is 5.93. The Hall–Kier alpha value is -1.69. The van der Waals surface area contributed by atoms with Gasteiger partial charge in [-0.3, -0.25) is 14.9 Å². The molecule has 0 saturated carbocycles. The third-order valence-corrected chi connectivity index (χ3v) is 2.98. The predicted molar refractivity (Wildman–Crippen MR) is 70.9 cm³/mol. The van der Waals surface area contributed by atoms with Crippen LogP contribution in [0.5, 0.6) is 0 Å². The van der Waals surface area contributed by atoms with Crippen molar-refractivity contribution in [3.8, 4) is 0 Å². The highest BCUT2D eigenvalue weighted by Gasteiger charge is 2.26. The van der Waals surface area contributed by atoms with Gasteiger partial charge in [0, 0.05) is 18.4 Å². The highest BCUT2D eigenvalue weighted by molar-refractivity contribution is 6.29. The van der Waals surface area contributed by atoms with Gasteiger partial charge in [0.2, 0.25) is 11.8 Å². The summed E-state index contributed by atoms with van der Waals surface area (Å²) in [7, 11) is 0. The molecule has 1 aromatic heterocycles. The van der Waals surface area contributed by atoms with Crippen LogP contribution in [-0.4, -0.2) is 27.8 Å². The Morgan fingerprint density at radius 3 is 2.79 bits per heavy atom. The number of nitrogens with zero attached hydrogens (tertiary/aromatic N) is 2. The fraction of sp³-hybridized carbons (Fsp3) is 0.500. The molecule has 1 aliphatic heterocycles. The molecule has 7 heteroatoms. The van der Waals surface area contributed by atoms with Crippen molar-refractivity contribution in [1.82, 2.24) is 15.3 Å². The number of rotatable bonds is 3. The molecule has 2 rings (SSSR count). The second kappa shape index (κ2) is 5.52. The number of hydrogen-bond acceptors (Lipinski definition) is 5. The SMILES string of the molecule is CC(C)c1nc(Cl)cc(NC2CCC(=O)NC2=O)n1. The van der Waals surface area contributed by atoms with E-state index in [0.717, 1.165) is 0 Å². The van der Waals surface area contributed by atoms with E-state index < -0.39 is 6.04 Å². The third-order valence-electron chi connectivity index (χ3n) is 2.79. The molecule has 19 heavy (non-hydrogen) atoms. The zero-order valence-corrected chi connectivity index (χ0v) is 11.5. The molecule has 6 nitrogen and oxygen atoms in total. The van der Waals surface area contributed by atoms with Crippen LogP contribution in [0.4, 0.5) is 5.82 Å². The standard InChI is InChI=1S/C12H15ClN4O2/c1-6(2)11-15-8(13)5-9(16-11)14-7-3-4-10(18)17-12(7)19/h5-7H,3-4H2,1-2H3,(H,14,15,16)(H,17,18,19). The molecule has 1 fully saturated rings. The molecule has 1 saturated heterocycles. The Morgan fingerprint density at radius 1 is 1.42 bits per heavy atom. The molecule has 102 valence electrons. The Bertz CT molecular complexity index is 518. The van der Waals surface area contributed by atoms with Gasteiger partial charge in [-0.05, 0) is 6.42 Å². The van der Waals surface area contributed by atoms with Gasteiger partial charge >= 0.3 is 0 Å². The van der Waals surface area contributed by atoms with Crippen LogP contribution in [0, 0.1) is 0 Å². The molecule has 2 heterocycles. The van der Waals surface area contributed by atoms with Gasteiger partial charge in [0.25, 0.3) is 0 Å². The van der Waals surface area contributed by atoms with Crippen molar-refractivity contribution in [2.24, 2.45) is 0 Å². The summed E-state index contributed by atoms with van der Waals surface area (Å²) in [6.45, 7) is 3.92. The molecule has 0 aromatic carbocycles. The van der Waals surface area contributed by atoms with E-state index in [-0.39, 0.29) is 17.7 Å². The number of nitrogens with one attached hydrogen (secondary N) is 2. The quantitative estimate of drug-likeness (QED) is 0.648. The molecule has 1 aliphatic rings. The number of imide groups is 1. The van der Waals surface area contributed by atoms with E-state index in [0.29, 0.717) is 29.6 Å². The van der Waals surface area contributed by atoms with Crippen molar-refractivity contribution in [3.63, 3.8) is 0 Å². The zero-order valence-electron chi connectivity index (χ0n) is 10.7. The fourth-order valence-electron chi connectivity index (χ4n) is 1.78. The van der Waals surface area contributed by atoms with Crippen molar-refractivity contribution < 1.29 is 9.59 Å². The number of hydrogen-bond donors (Lipinski definition) is 2. The second-order valence-electron chi connectivity index (χ2n) is 4.74. The molecule has 0 bridgehead atoms. The van der Waals surface area contributed by atoms with Crippen LogP contribution < -0.4 is 10.6 Å². The maximum Gasteiger partial charge on any atom is 0.249 e. The van der Waals surface area contributed by atoms with E-state index in [2.05, 4.69) is 20.6 Å². The first-order valence-corrected chi connectivity index (χ1v) is 6.48. The van der Waals surface area contributed by atoms with Crippen LogP contribution in [0.2, 0.25) is 5.15 Å². The lowest BCUT2D eigenvalue weighted by Crippen LogP contribution is -2.47. The number of anilines is 1. The minimum absolute atomic E-state index is 0.140. The first kappa shape index (κ1) is 13.7. The lowest BCUT2D eigenvalue weighted by atomic mass is 10.1. The van der Waals surface area contributed by atoms with Gasteiger partial charge in [-0.2, -0.15) is 0 Å². The molecule has 1 atom stereocenters. The van der Waals surface area contributed by atoms with Crippen LogP contribution in [-0.2, 0) is 9.59 Å². The van der Waals surface area contributed by atoms with Crippen molar-refractivity contribution >= 4 is 29.2 Å². The predicted octanol–water partition coefficient (Wildman–Crippen LogP) is 1.47. The first-order chi connectivity index (χ1) is 8.95. The average Bonchev–Trinajstić information content (AvgIpc) is 2.32. The summed E-state index contributed by atoms with van der Waals surface area (Å²) in [6, 6.07) is 1.10.